The van der Waals surface area contributed by atoms with Crippen LogP contribution < -0.4 is 0 Å². The lowest BCUT2D eigenvalue weighted by Crippen LogP contribution is -2.46. The number of nitrogens with zero attached hydrogens (tertiary/aromatic N) is 2. The van der Waals surface area contributed by atoms with E-state index < -0.39 is 0 Å². The minimum absolute atomic E-state index is 0.0163. The van der Waals surface area contributed by atoms with Crippen LogP contribution in [0.3, 0.4) is 0 Å². The molecule has 1 aliphatic heterocycles. The van der Waals surface area contributed by atoms with Gasteiger partial charge in [-0.2, -0.15) is 0 Å². The van der Waals surface area contributed by atoms with Gasteiger partial charge in [-0.1, -0.05) is 35.5 Å². The highest BCUT2D eigenvalue weighted by molar-refractivity contribution is 5.79. The van der Waals surface area contributed by atoms with Crippen molar-refractivity contribution in [1.29, 1.82) is 0 Å². The van der Waals surface area contributed by atoms with E-state index in [0.717, 1.165) is 22.6 Å². The van der Waals surface area contributed by atoms with Gasteiger partial charge in [-0.15, -0.1) is 0 Å². The summed E-state index contributed by atoms with van der Waals surface area (Å²) >= 11 is 0. The number of aryl methyl sites for hydroxylation is 2. The SMILES string of the molecule is Cc1noc(C)c1CC(=O)N1C[C@@H](C)O[C@@H](c2ccccc2)C1. The molecule has 0 N–H and O–H groups in total. The second-order valence-corrected chi connectivity index (χ2v) is 6.12. The zero-order valence-corrected chi connectivity index (χ0v) is 13.8. The van der Waals surface area contributed by atoms with Crippen LogP contribution in [0, 0.1) is 13.8 Å². The van der Waals surface area contributed by atoms with Crippen LogP contribution in [-0.2, 0) is 16.0 Å². The lowest BCUT2D eigenvalue weighted by molar-refractivity contribution is -0.144. The normalized spacial score (nSPS) is 21.4. The number of rotatable bonds is 3. The molecule has 5 nitrogen and oxygen atoms in total. The summed E-state index contributed by atoms with van der Waals surface area (Å²) in [6, 6.07) is 10.1. The molecule has 2 atom stereocenters. The molecule has 2 aromatic rings. The van der Waals surface area contributed by atoms with E-state index in [1.54, 1.807) is 0 Å². The van der Waals surface area contributed by atoms with E-state index in [1.807, 2.05) is 56.0 Å². The van der Waals surface area contributed by atoms with Gasteiger partial charge in [0, 0.05) is 12.1 Å². The predicted molar refractivity (Wildman–Crippen MR) is 86.0 cm³/mol. The van der Waals surface area contributed by atoms with Crippen molar-refractivity contribution in [2.24, 2.45) is 0 Å². The maximum atomic E-state index is 12.7. The summed E-state index contributed by atoms with van der Waals surface area (Å²) < 4.78 is 11.2. The molecule has 1 amide bonds. The van der Waals surface area contributed by atoms with E-state index in [4.69, 9.17) is 9.26 Å². The third-order valence-electron chi connectivity index (χ3n) is 4.29. The van der Waals surface area contributed by atoms with Crippen LogP contribution in [-0.4, -0.2) is 35.2 Å². The van der Waals surface area contributed by atoms with Gasteiger partial charge in [0.2, 0.25) is 5.91 Å². The number of hydrogen-bond acceptors (Lipinski definition) is 4. The van der Waals surface area contributed by atoms with Crippen molar-refractivity contribution >= 4 is 5.91 Å². The van der Waals surface area contributed by atoms with Crippen LogP contribution in [0.25, 0.3) is 0 Å². The number of morpholine rings is 1. The third kappa shape index (κ3) is 3.45. The van der Waals surface area contributed by atoms with E-state index in [-0.39, 0.29) is 18.1 Å². The predicted octanol–water partition coefficient (Wildman–Crippen LogP) is 2.82. The van der Waals surface area contributed by atoms with Gasteiger partial charge in [-0.25, -0.2) is 0 Å². The molecule has 122 valence electrons. The molecule has 5 heteroatoms. The molecule has 1 aromatic heterocycles. The Kier molecular flexibility index (Phi) is 4.48. The topological polar surface area (TPSA) is 55.6 Å². The third-order valence-corrected chi connectivity index (χ3v) is 4.29. The molecule has 23 heavy (non-hydrogen) atoms. The highest BCUT2D eigenvalue weighted by Gasteiger charge is 2.30. The average Bonchev–Trinajstić information content (AvgIpc) is 2.87. The van der Waals surface area contributed by atoms with Crippen molar-refractivity contribution in [1.82, 2.24) is 10.1 Å². The molecule has 1 saturated heterocycles. The largest absolute Gasteiger partial charge is 0.367 e. The monoisotopic (exact) mass is 314 g/mol. The molecule has 0 bridgehead atoms. The minimum atomic E-state index is -0.0754. The van der Waals surface area contributed by atoms with E-state index in [0.29, 0.717) is 19.5 Å². The van der Waals surface area contributed by atoms with Gasteiger partial charge in [0.05, 0.1) is 24.8 Å². The van der Waals surface area contributed by atoms with E-state index in [9.17, 15) is 4.79 Å². The molecule has 2 heterocycles. The van der Waals surface area contributed by atoms with Crippen LogP contribution in [0.5, 0.6) is 0 Å². The van der Waals surface area contributed by atoms with Crippen molar-refractivity contribution in [3.8, 4) is 0 Å². The Morgan fingerprint density at radius 2 is 2.00 bits per heavy atom. The van der Waals surface area contributed by atoms with E-state index >= 15 is 0 Å². The molecule has 1 aromatic carbocycles. The van der Waals surface area contributed by atoms with E-state index in [2.05, 4.69) is 5.16 Å². The number of amides is 1. The molecule has 1 aliphatic rings. The summed E-state index contributed by atoms with van der Waals surface area (Å²) in [5.41, 5.74) is 2.79. The molecule has 3 rings (SSSR count). The molecular formula is C18H22N2O3. The van der Waals surface area contributed by atoms with Crippen LogP contribution in [0.15, 0.2) is 34.9 Å². The molecule has 0 aliphatic carbocycles. The second kappa shape index (κ2) is 6.54. The maximum absolute atomic E-state index is 12.7. The fourth-order valence-corrected chi connectivity index (χ4v) is 3.02. The fraction of sp³-hybridized carbons (Fsp3) is 0.444. The van der Waals surface area contributed by atoms with Crippen LogP contribution >= 0.6 is 0 Å². The van der Waals surface area contributed by atoms with Gasteiger partial charge in [-0.05, 0) is 26.3 Å². The number of ether oxygens (including phenoxy) is 1. The Bertz CT molecular complexity index is 661. The summed E-state index contributed by atoms with van der Waals surface area (Å²) in [6.07, 6.45) is 0.270. The molecule has 1 fully saturated rings. The van der Waals surface area contributed by atoms with Gasteiger partial charge in [0.25, 0.3) is 0 Å². The smallest absolute Gasteiger partial charge is 0.227 e. The number of carbonyl (C=O) groups excluding carboxylic acids is 1. The lowest BCUT2D eigenvalue weighted by atomic mass is 10.0. The molecule has 0 unspecified atom stereocenters. The van der Waals surface area contributed by atoms with Crippen LogP contribution in [0.2, 0.25) is 0 Å². The summed E-state index contributed by atoms with van der Waals surface area (Å²) in [5, 5.41) is 3.92. The Hall–Kier alpha value is -2.14. The molecular weight excluding hydrogens is 292 g/mol. The first-order valence-electron chi connectivity index (χ1n) is 7.94. The lowest BCUT2D eigenvalue weighted by Gasteiger charge is -2.37. The highest BCUT2D eigenvalue weighted by Crippen LogP contribution is 2.26. The first-order chi connectivity index (χ1) is 11.0. The molecule has 0 radical (unpaired) electrons. The molecule has 0 spiro atoms. The number of carbonyl (C=O) groups is 1. The van der Waals surface area contributed by atoms with Gasteiger partial charge >= 0.3 is 0 Å². The average molecular weight is 314 g/mol. The van der Waals surface area contributed by atoms with E-state index in [1.165, 1.54) is 0 Å². The van der Waals surface area contributed by atoms with Crippen LogP contribution in [0.1, 0.15) is 35.6 Å². The Morgan fingerprint density at radius 1 is 1.26 bits per heavy atom. The minimum Gasteiger partial charge on any atom is -0.367 e. The van der Waals surface area contributed by atoms with Gasteiger partial charge in [0.1, 0.15) is 11.9 Å². The fourth-order valence-electron chi connectivity index (χ4n) is 3.02. The summed E-state index contributed by atoms with van der Waals surface area (Å²) in [5.74, 6) is 0.812. The zero-order chi connectivity index (χ0) is 16.4. The van der Waals surface area contributed by atoms with Gasteiger partial charge in [0.15, 0.2) is 0 Å². The summed E-state index contributed by atoms with van der Waals surface area (Å²) in [4.78, 5) is 14.6. The molecule has 0 saturated carbocycles. The summed E-state index contributed by atoms with van der Waals surface area (Å²) in [7, 11) is 0. The number of benzene rings is 1. The van der Waals surface area contributed by atoms with Gasteiger partial charge in [-0.3, -0.25) is 4.79 Å². The summed E-state index contributed by atoms with van der Waals surface area (Å²) in [6.45, 7) is 6.92. The van der Waals surface area contributed by atoms with Gasteiger partial charge < -0.3 is 14.2 Å². The zero-order valence-electron chi connectivity index (χ0n) is 13.8. The Balaban J connectivity index is 1.73. The quantitative estimate of drug-likeness (QED) is 0.874. The van der Waals surface area contributed by atoms with Crippen LogP contribution in [0.4, 0.5) is 0 Å². The van der Waals surface area contributed by atoms with Crippen molar-refractivity contribution < 1.29 is 14.1 Å². The number of hydrogen-bond donors (Lipinski definition) is 0. The van der Waals surface area contributed by atoms with Crippen molar-refractivity contribution in [3.63, 3.8) is 0 Å². The second-order valence-electron chi connectivity index (χ2n) is 6.12. The maximum Gasteiger partial charge on any atom is 0.227 e. The first-order valence-corrected chi connectivity index (χ1v) is 7.94. The number of aromatic nitrogens is 1. The Morgan fingerprint density at radius 3 is 2.65 bits per heavy atom. The van der Waals surface area contributed by atoms with Crippen molar-refractivity contribution in [2.75, 3.05) is 13.1 Å². The van der Waals surface area contributed by atoms with Crippen molar-refractivity contribution in [3.05, 3.63) is 52.9 Å². The Labute approximate surface area is 136 Å². The van der Waals surface area contributed by atoms with Crippen molar-refractivity contribution in [2.45, 2.75) is 39.4 Å². The standard InChI is InChI=1S/C18H22N2O3/c1-12-10-20(11-17(22-12)15-7-5-4-6-8-15)18(21)9-16-13(2)19-23-14(16)3/h4-8,12,17H,9-11H2,1-3H3/t12-,17-/m1/s1. The first kappa shape index (κ1) is 15.7. The highest BCUT2D eigenvalue weighted by atomic mass is 16.5.